The summed E-state index contributed by atoms with van der Waals surface area (Å²) in [6.07, 6.45) is 1.19. The molecule has 0 bridgehead atoms. The van der Waals surface area contributed by atoms with Crippen LogP contribution in [0.25, 0.3) is 0 Å². The zero-order valence-electron chi connectivity index (χ0n) is 14.1. The molecule has 1 saturated heterocycles. The number of pyridine rings is 1. The Bertz CT molecular complexity index is 473. The Kier molecular flexibility index (Phi) is 5.59. The van der Waals surface area contributed by atoms with Gasteiger partial charge in [0.2, 0.25) is 0 Å². The first-order valence-corrected chi connectivity index (χ1v) is 7.95. The van der Waals surface area contributed by atoms with E-state index in [9.17, 15) is 0 Å². The van der Waals surface area contributed by atoms with Crippen molar-refractivity contribution in [1.82, 2.24) is 10.3 Å². The van der Waals surface area contributed by atoms with E-state index < -0.39 is 0 Å². The Hall–Kier alpha value is -1.13. The maximum absolute atomic E-state index is 5.31. The minimum Gasteiger partial charge on any atom is -0.384 e. The number of hydrogen-bond acceptors (Lipinski definition) is 4. The van der Waals surface area contributed by atoms with Crippen LogP contribution in [0.2, 0.25) is 0 Å². The number of methoxy groups -OCH3 is 1. The molecule has 118 valence electrons. The van der Waals surface area contributed by atoms with E-state index in [1.54, 1.807) is 7.11 Å². The number of aryl methyl sites for hydroxylation is 2. The third-order valence-corrected chi connectivity index (χ3v) is 4.13. The van der Waals surface area contributed by atoms with Crippen LogP contribution in [0, 0.1) is 19.8 Å². The van der Waals surface area contributed by atoms with E-state index in [1.165, 1.54) is 23.4 Å². The smallest absolute Gasteiger partial charge is 0.133 e. The molecule has 1 aromatic heterocycles. The van der Waals surface area contributed by atoms with E-state index in [2.05, 4.69) is 44.0 Å². The van der Waals surface area contributed by atoms with Crippen molar-refractivity contribution in [2.75, 3.05) is 31.7 Å². The summed E-state index contributed by atoms with van der Waals surface area (Å²) in [5, 5.41) is 3.53. The molecule has 0 spiro atoms. The van der Waals surface area contributed by atoms with E-state index in [0.717, 1.165) is 31.9 Å². The highest BCUT2D eigenvalue weighted by Crippen LogP contribution is 2.28. The molecule has 0 amide bonds. The van der Waals surface area contributed by atoms with Crippen molar-refractivity contribution in [3.63, 3.8) is 0 Å². The van der Waals surface area contributed by atoms with Crippen LogP contribution in [0.5, 0.6) is 0 Å². The lowest BCUT2D eigenvalue weighted by atomic mass is 10.1. The second kappa shape index (κ2) is 7.23. The van der Waals surface area contributed by atoms with Crippen molar-refractivity contribution in [1.29, 1.82) is 0 Å². The van der Waals surface area contributed by atoms with Gasteiger partial charge in [-0.2, -0.15) is 0 Å². The lowest BCUT2D eigenvalue weighted by Gasteiger charge is -2.23. The van der Waals surface area contributed by atoms with Crippen molar-refractivity contribution in [3.05, 3.63) is 22.9 Å². The molecule has 1 N–H and O–H groups in total. The van der Waals surface area contributed by atoms with Crippen LogP contribution >= 0.6 is 0 Å². The van der Waals surface area contributed by atoms with Crippen molar-refractivity contribution in [2.45, 2.75) is 46.7 Å². The van der Waals surface area contributed by atoms with E-state index in [0.29, 0.717) is 12.0 Å². The first kappa shape index (κ1) is 16.2. The maximum atomic E-state index is 5.31. The van der Waals surface area contributed by atoms with Gasteiger partial charge in [-0.1, -0.05) is 13.8 Å². The maximum Gasteiger partial charge on any atom is 0.133 e. The zero-order chi connectivity index (χ0) is 15.4. The van der Waals surface area contributed by atoms with Gasteiger partial charge in [-0.05, 0) is 31.9 Å². The number of ether oxygens (including phenoxy) is 1. The van der Waals surface area contributed by atoms with Crippen LogP contribution in [0.3, 0.4) is 0 Å². The second-order valence-corrected chi connectivity index (χ2v) is 6.47. The Morgan fingerprint density at radius 3 is 2.86 bits per heavy atom. The topological polar surface area (TPSA) is 37.4 Å². The fourth-order valence-electron chi connectivity index (χ4n) is 3.03. The van der Waals surface area contributed by atoms with Crippen molar-refractivity contribution >= 4 is 5.82 Å². The van der Waals surface area contributed by atoms with Gasteiger partial charge in [0.15, 0.2) is 0 Å². The normalized spacial score (nSPS) is 18.8. The predicted octanol–water partition coefficient (Wildman–Crippen LogP) is 2.67. The standard InChI is InChI=1S/C17H29N3O/c1-12(2)18-9-16-13(3)8-14(4)19-17(16)20-7-6-15(10-20)11-21-5/h8,12,15,18H,6-7,9-11H2,1-5H3. The molecule has 2 heterocycles. The summed E-state index contributed by atoms with van der Waals surface area (Å²) in [6.45, 7) is 12.5. The van der Waals surface area contributed by atoms with Crippen LogP contribution < -0.4 is 10.2 Å². The molecule has 4 heteroatoms. The zero-order valence-corrected chi connectivity index (χ0v) is 14.1. The minimum absolute atomic E-state index is 0.485. The Labute approximate surface area is 128 Å². The molecule has 0 aromatic carbocycles. The van der Waals surface area contributed by atoms with E-state index >= 15 is 0 Å². The van der Waals surface area contributed by atoms with Crippen LogP contribution in [0.4, 0.5) is 5.82 Å². The van der Waals surface area contributed by atoms with Gasteiger partial charge in [0.05, 0.1) is 6.61 Å². The largest absolute Gasteiger partial charge is 0.384 e. The molecule has 1 aromatic rings. The highest BCUT2D eigenvalue weighted by Gasteiger charge is 2.25. The molecular weight excluding hydrogens is 262 g/mol. The number of rotatable bonds is 6. The molecule has 1 fully saturated rings. The molecule has 21 heavy (non-hydrogen) atoms. The van der Waals surface area contributed by atoms with E-state index in [-0.39, 0.29) is 0 Å². The van der Waals surface area contributed by atoms with Gasteiger partial charge >= 0.3 is 0 Å². The summed E-state index contributed by atoms with van der Waals surface area (Å²) in [5.41, 5.74) is 3.78. The number of nitrogens with one attached hydrogen (secondary N) is 1. The molecule has 0 radical (unpaired) electrons. The number of aromatic nitrogens is 1. The first-order chi connectivity index (χ1) is 10.0. The van der Waals surface area contributed by atoms with E-state index in [1.807, 2.05) is 0 Å². The van der Waals surface area contributed by atoms with Gasteiger partial charge < -0.3 is 15.0 Å². The Morgan fingerprint density at radius 2 is 2.19 bits per heavy atom. The van der Waals surface area contributed by atoms with Crippen molar-refractivity contribution in [3.8, 4) is 0 Å². The monoisotopic (exact) mass is 291 g/mol. The third kappa shape index (κ3) is 4.17. The fourth-order valence-corrected chi connectivity index (χ4v) is 3.03. The Balaban J connectivity index is 2.21. The quantitative estimate of drug-likeness (QED) is 0.874. The Morgan fingerprint density at radius 1 is 1.43 bits per heavy atom. The van der Waals surface area contributed by atoms with Gasteiger partial charge in [0.1, 0.15) is 5.82 Å². The van der Waals surface area contributed by atoms with Gasteiger partial charge in [-0.15, -0.1) is 0 Å². The SMILES string of the molecule is COCC1CCN(c2nc(C)cc(C)c2CNC(C)C)C1. The highest BCUT2D eigenvalue weighted by molar-refractivity contribution is 5.52. The molecule has 1 aliphatic rings. The second-order valence-electron chi connectivity index (χ2n) is 6.47. The fraction of sp³-hybridized carbons (Fsp3) is 0.706. The third-order valence-electron chi connectivity index (χ3n) is 4.13. The summed E-state index contributed by atoms with van der Waals surface area (Å²) in [5.74, 6) is 1.79. The lowest BCUT2D eigenvalue weighted by molar-refractivity contribution is 0.161. The van der Waals surface area contributed by atoms with Gasteiger partial charge in [-0.3, -0.25) is 0 Å². The lowest BCUT2D eigenvalue weighted by Crippen LogP contribution is -2.28. The first-order valence-electron chi connectivity index (χ1n) is 7.95. The predicted molar refractivity (Wildman–Crippen MR) is 87.9 cm³/mol. The van der Waals surface area contributed by atoms with E-state index in [4.69, 9.17) is 9.72 Å². The minimum atomic E-state index is 0.485. The van der Waals surface area contributed by atoms with Gasteiger partial charge in [0, 0.05) is 50.0 Å². The summed E-state index contributed by atoms with van der Waals surface area (Å²) in [7, 11) is 1.79. The number of hydrogen-bond donors (Lipinski definition) is 1. The summed E-state index contributed by atoms with van der Waals surface area (Å²) in [4.78, 5) is 7.27. The van der Waals surface area contributed by atoms with Gasteiger partial charge in [0.25, 0.3) is 0 Å². The number of anilines is 1. The van der Waals surface area contributed by atoms with Crippen LogP contribution in [0.15, 0.2) is 6.07 Å². The molecule has 1 aliphatic heterocycles. The van der Waals surface area contributed by atoms with Gasteiger partial charge in [-0.25, -0.2) is 4.98 Å². The van der Waals surface area contributed by atoms with Crippen LogP contribution in [-0.2, 0) is 11.3 Å². The average Bonchev–Trinajstić information content (AvgIpc) is 2.85. The summed E-state index contributed by atoms with van der Waals surface area (Å²) < 4.78 is 5.31. The van der Waals surface area contributed by atoms with Crippen molar-refractivity contribution in [2.24, 2.45) is 5.92 Å². The van der Waals surface area contributed by atoms with Crippen molar-refractivity contribution < 1.29 is 4.74 Å². The molecule has 0 saturated carbocycles. The molecule has 2 rings (SSSR count). The molecular formula is C17H29N3O. The highest BCUT2D eigenvalue weighted by atomic mass is 16.5. The molecule has 1 unspecified atom stereocenters. The summed E-state index contributed by atoms with van der Waals surface area (Å²) in [6, 6.07) is 2.67. The average molecular weight is 291 g/mol. The molecule has 1 atom stereocenters. The van der Waals surface area contributed by atoms with Crippen LogP contribution in [0.1, 0.15) is 37.1 Å². The summed E-state index contributed by atoms with van der Waals surface area (Å²) >= 11 is 0. The van der Waals surface area contributed by atoms with Crippen LogP contribution in [-0.4, -0.2) is 37.8 Å². The number of nitrogens with zero attached hydrogens (tertiary/aromatic N) is 2. The molecule has 0 aliphatic carbocycles. The molecule has 4 nitrogen and oxygen atoms in total.